The van der Waals surface area contributed by atoms with Gasteiger partial charge in [-0.1, -0.05) is 64.2 Å². The Labute approximate surface area is 120 Å². The first-order valence-corrected chi connectivity index (χ1v) is 7.76. The molecule has 0 spiro atoms. The van der Waals surface area contributed by atoms with E-state index in [1.165, 1.54) is 37.7 Å². The van der Waals surface area contributed by atoms with Gasteiger partial charge in [0.25, 0.3) is 0 Å². The van der Waals surface area contributed by atoms with Crippen LogP contribution in [-0.2, 0) is 4.79 Å². The summed E-state index contributed by atoms with van der Waals surface area (Å²) in [6.45, 7) is 10.7. The van der Waals surface area contributed by atoms with Crippen LogP contribution in [0.3, 0.4) is 0 Å². The number of rotatable bonds is 10. The third-order valence-electron chi connectivity index (χ3n) is 3.46. The van der Waals surface area contributed by atoms with Gasteiger partial charge in [-0.15, -0.1) is 0 Å². The minimum atomic E-state index is 0.114. The Balaban J connectivity index is 3.69. The Morgan fingerprint density at radius 2 is 1.63 bits per heavy atom. The lowest BCUT2D eigenvalue weighted by molar-refractivity contribution is -0.112. The normalized spacial score (nSPS) is 14.3. The van der Waals surface area contributed by atoms with Gasteiger partial charge >= 0.3 is 0 Å². The van der Waals surface area contributed by atoms with Crippen molar-refractivity contribution in [2.24, 2.45) is 11.8 Å². The summed E-state index contributed by atoms with van der Waals surface area (Å²) in [6, 6.07) is 0. The summed E-state index contributed by atoms with van der Waals surface area (Å²) in [4.78, 5) is 10.8. The van der Waals surface area contributed by atoms with Gasteiger partial charge in [0.1, 0.15) is 0 Å². The van der Waals surface area contributed by atoms with Gasteiger partial charge in [0.15, 0.2) is 5.78 Å². The summed E-state index contributed by atoms with van der Waals surface area (Å²) in [5.74, 6) is 1.80. The van der Waals surface area contributed by atoms with E-state index in [-0.39, 0.29) is 5.78 Å². The fourth-order valence-corrected chi connectivity index (χ4v) is 2.18. The monoisotopic (exact) mass is 264 g/mol. The lowest BCUT2D eigenvalue weighted by Gasteiger charge is -2.12. The van der Waals surface area contributed by atoms with Gasteiger partial charge < -0.3 is 0 Å². The first kappa shape index (κ1) is 18.1. The molecule has 1 atom stereocenters. The minimum Gasteiger partial charge on any atom is -0.295 e. The SMILES string of the molecule is CC(=O)C=CC=C(C)CCCC(C)CCCC(C)C. The molecule has 0 rings (SSSR count). The van der Waals surface area contributed by atoms with Crippen LogP contribution in [0.5, 0.6) is 0 Å². The molecule has 0 aromatic rings. The van der Waals surface area contributed by atoms with Gasteiger partial charge in [0.05, 0.1) is 0 Å². The van der Waals surface area contributed by atoms with E-state index in [4.69, 9.17) is 0 Å². The maximum atomic E-state index is 10.8. The molecule has 0 aliphatic carbocycles. The zero-order valence-corrected chi connectivity index (χ0v) is 13.5. The van der Waals surface area contributed by atoms with Crippen molar-refractivity contribution < 1.29 is 4.79 Å². The summed E-state index contributed by atoms with van der Waals surface area (Å²) in [5.41, 5.74) is 1.37. The average Bonchev–Trinajstić information content (AvgIpc) is 2.27. The molecule has 0 amide bonds. The largest absolute Gasteiger partial charge is 0.295 e. The van der Waals surface area contributed by atoms with Crippen LogP contribution in [0.2, 0.25) is 0 Å². The number of carbonyl (C=O) groups is 1. The molecule has 0 heterocycles. The molecule has 0 aliphatic rings. The van der Waals surface area contributed by atoms with Crippen LogP contribution < -0.4 is 0 Å². The Bertz CT molecular complexity index is 297. The van der Waals surface area contributed by atoms with Gasteiger partial charge in [-0.25, -0.2) is 0 Å². The van der Waals surface area contributed by atoms with E-state index in [1.807, 2.05) is 6.08 Å². The molecule has 0 saturated carbocycles. The van der Waals surface area contributed by atoms with Crippen LogP contribution in [0.15, 0.2) is 23.8 Å². The number of carbonyl (C=O) groups excluding carboxylic acids is 1. The highest BCUT2D eigenvalue weighted by atomic mass is 16.1. The highest BCUT2D eigenvalue weighted by molar-refractivity contribution is 5.87. The Morgan fingerprint density at radius 1 is 1.00 bits per heavy atom. The van der Waals surface area contributed by atoms with Gasteiger partial charge in [0, 0.05) is 0 Å². The van der Waals surface area contributed by atoms with Crippen LogP contribution in [0.25, 0.3) is 0 Å². The summed E-state index contributed by atoms with van der Waals surface area (Å²) < 4.78 is 0. The molecule has 0 aromatic carbocycles. The summed E-state index contributed by atoms with van der Waals surface area (Å²) in [5, 5.41) is 0. The summed E-state index contributed by atoms with van der Waals surface area (Å²) in [7, 11) is 0. The number of hydrogen-bond donors (Lipinski definition) is 0. The molecule has 1 nitrogen and oxygen atoms in total. The number of allylic oxidation sites excluding steroid dienone is 4. The van der Waals surface area contributed by atoms with Crippen LogP contribution in [0.1, 0.15) is 73.1 Å². The maximum absolute atomic E-state index is 10.8. The van der Waals surface area contributed by atoms with E-state index in [9.17, 15) is 4.79 Å². The molecule has 0 radical (unpaired) electrons. The second-order valence-electron chi connectivity index (χ2n) is 6.30. The lowest BCUT2D eigenvalue weighted by atomic mass is 9.94. The van der Waals surface area contributed by atoms with E-state index in [2.05, 4.69) is 33.8 Å². The van der Waals surface area contributed by atoms with Gasteiger partial charge in [-0.2, -0.15) is 0 Å². The smallest absolute Gasteiger partial charge is 0.152 e. The Hall–Kier alpha value is -0.850. The van der Waals surface area contributed by atoms with E-state index in [1.54, 1.807) is 13.0 Å². The molecular formula is C18H32O. The van der Waals surface area contributed by atoms with Crippen molar-refractivity contribution in [1.29, 1.82) is 0 Å². The maximum Gasteiger partial charge on any atom is 0.152 e. The van der Waals surface area contributed by atoms with Crippen molar-refractivity contribution in [2.75, 3.05) is 0 Å². The number of hydrogen-bond acceptors (Lipinski definition) is 1. The third-order valence-corrected chi connectivity index (χ3v) is 3.46. The Morgan fingerprint density at radius 3 is 2.21 bits per heavy atom. The van der Waals surface area contributed by atoms with Crippen molar-refractivity contribution in [1.82, 2.24) is 0 Å². The zero-order chi connectivity index (χ0) is 14.7. The third kappa shape index (κ3) is 13.4. The van der Waals surface area contributed by atoms with Gasteiger partial charge in [-0.05, 0) is 44.6 Å². The van der Waals surface area contributed by atoms with Crippen molar-refractivity contribution in [3.8, 4) is 0 Å². The molecule has 1 unspecified atom stereocenters. The predicted molar refractivity (Wildman–Crippen MR) is 85.3 cm³/mol. The zero-order valence-electron chi connectivity index (χ0n) is 13.5. The quantitative estimate of drug-likeness (QED) is 0.365. The second kappa shape index (κ2) is 11.0. The molecule has 0 aliphatic heterocycles. The second-order valence-corrected chi connectivity index (χ2v) is 6.30. The first-order valence-electron chi connectivity index (χ1n) is 7.76. The molecule has 0 fully saturated rings. The fraction of sp³-hybridized carbons (Fsp3) is 0.722. The van der Waals surface area contributed by atoms with Crippen LogP contribution in [0.4, 0.5) is 0 Å². The van der Waals surface area contributed by atoms with Crippen LogP contribution >= 0.6 is 0 Å². The molecular weight excluding hydrogens is 232 g/mol. The van der Waals surface area contributed by atoms with E-state index >= 15 is 0 Å². The van der Waals surface area contributed by atoms with Crippen molar-refractivity contribution in [3.63, 3.8) is 0 Å². The molecule has 1 heteroatoms. The summed E-state index contributed by atoms with van der Waals surface area (Å²) >= 11 is 0. The van der Waals surface area contributed by atoms with Crippen molar-refractivity contribution in [3.05, 3.63) is 23.8 Å². The predicted octanol–water partition coefficient (Wildman–Crippen LogP) is 5.71. The lowest BCUT2D eigenvalue weighted by Crippen LogP contribution is -1.97. The minimum absolute atomic E-state index is 0.114. The fourth-order valence-electron chi connectivity index (χ4n) is 2.18. The highest BCUT2D eigenvalue weighted by Gasteiger charge is 2.03. The van der Waals surface area contributed by atoms with Crippen molar-refractivity contribution in [2.45, 2.75) is 73.1 Å². The summed E-state index contributed by atoms with van der Waals surface area (Å²) in [6.07, 6.45) is 13.4. The van der Waals surface area contributed by atoms with Crippen molar-refractivity contribution >= 4 is 5.78 Å². The molecule has 0 aromatic heterocycles. The average molecular weight is 264 g/mol. The molecule has 0 N–H and O–H groups in total. The molecule has 0 bridgehead atoms. The van der Waals surface area contributed by atoms with Crippen LogP contribution in [0, 0.1) is 11.8 Å². The van der Waals surface area contributed by atoms with Gasteiger partial charge in [0.2, 0.25) is 0 Å². The first-order chi connectivity index (χ1) is 8.91. The highest BCUT2D eigenvalue weighted by Crippen LogP contribution is 2.18. The molecule has 19 heavy (non-hydrogen) atoms. The topological polar surface area (TPSA) is 17.1 Å². The standard InChI is InChI=1S/C18H32O/c1-15(2)9-6-10-16(3)11-7-12-17(4)13-8-14-18(5)19/h8,13-16H,6-7,9-12H2,1-5H3. The Kier molecular flexibility index (Phi) is 10.5. The number of ketones is 1. The van der Waals surface area contributed by atoms with E-state index in [0.717, 1.165) is 18.3 Å². The molecule has 0 saturated heterocycles. The van der Waals surface area contributed by atoms with E-state index < -0.39 is 0 Å². The van der Waals surface area contributed by atoms with Crippen LogP contribution in [-0.4, -0.2) is 5.78 Å². The van der Waals surface area contributed by atoms with Gasteiger partial charge in [-0.3, -0.25) is 4.79 Å². The molecule has 110 valence electrons. The van der Waals surface area contributed by atoms with E-state index in [0.29, 0.717) is 0 Å².